The van der Waals surface area contributed by atoms with E-state index >= 15 is 0 Å². The topological polar surface area (TPSA) is 0 Å². The molecule has 0 aromatic heterocycles. The van der Waals surface area contributed by atoms with Crippen molar-refractivity contribution in [2.45, 2.75) is 0 Å². The first-order valence-electron chi connectivity index (χ1n) is 49.8. The SMILES string of the molecule is c1ccc(-c2ccc(-c3cccc(-c4c5ccccc5c(-c5cccc6ccc(-c7ccccc7)cc56)c5ccccc45)c3)cc2)cc1.c1ccc(-c2ccc(-c3ccccc3-c3c4ccccc4c(-c4cccc5ccc(-c6ccccc6)cc45)c4ccccc34)cc2)cc1.c1ccc(-c2cccc(-c3ccccc3-c3c4ccccc4c(-c4cccc5ccc(-c6ccccc6)cc45)c4ccccc34)c2)cc1. The summed E-state index contributed by atoms with van der Waals surface area (Å²) in [6, 6.07) is 212. The zero-order valence-corrected chi connectivity index (χ0v) is 79.4. The van der Waals surface area contributed by atoms with Gasteiger partial charge >= 0.3 is 0 Å². The fourth-order valence-corrected chi connectivity index (χ4v) is 22.3. The molecule has 144 heavy (non-hydrogen) atoms. The molecular formula is C144H96. The second kappa shape index (κ2) is 38.6. The van der Waals surface area contributed by atoms with E-state index in [0.29, 0.717) is 0 Å². The van der Waals surface area contributed by atoms with E-state index in [0.717, 1.165) is 0 Å². The van der Waals surface area contributed by atoms with Crippen LogP contribution in [0, 0.1) is 0 Å². The van der Waals surface area contributed by atoms with Gasteiger partial charge in [0.1, 0.15) is 0 Å². The lowest BCUT2D eigenvalue weighted by Gasteiger charge is -2.20. The summed E-state index contributed by atoms with van der Waals surface area (Å²) in [4.78, 5) is 0. The maximum Gasteiger partial charge on any atom is -0.00201 e. The monoisotopic (exact) mass is 1820 g/mol. The molecule has 0 bridgehead atoms. The van der Waals surface area contributed by atoms with Crippen molar-refractivity contribution < 1.29 is 0 Å². The lowest BCUT2D eigenvalue weighted by molar-refractivity contribution is 1.58. The van der Waals surface area contributed by atoms with E-state index in [1.54, 1.807) is 0 Å². The highest BCUT2D eigenvalue weighted by molar-refractivity contribution is 6.28. The van der Waals surface area contributed by atoms with Gasteiger partial charge in [-0.05, 0) is 294 Å². The molecule has 0 fully saturated rings. The van der Waals surface area contributed by atoms with Crippen LogP contribution >= 0.6 is 0 Å². The van der Waals surface area contributed by atoms with Crippen LogP contribution < -0.4 is 0 Å². The molecule has 0 spiro atoms. The highest BCUT2D eigenvalue weighted by Crippen LogP contribution is 2.53. The minimum atomic E-state index is 1.21. The van der Waals surface area contributed by atoms with Gasteiger partial charge in [0.15, 0.2) is 0 Å². The van der Waals surface area contributed by atoms with E-state index in [4.69, 9.17) is 0 Å². The summed E-state index contributed by atoms with van der Waals surface area (Å²) in [5.74, 6) is 0. The van der Waals surface area contributed by atoms with E-state index in [1.165, 1.54) is 264 Å². The molecule has 0 aliphatic rings. The van der Waals surface area contributed by atoms with Crippen LogP contribution in [0.4, 0.5) is 0 Å². The Kier molecular flexibility index (Phi) is 23.3. The molecule has 27 aromatic carbocycles. The Balaban J connectivity index is 0.000000113. The highest BCUT2D eigenvalue weighted by atomic mass is 14.3. The van der Waals surface area contributed by atoms with Crippen molar-refractivity contribution >= 4 is 97.0 Å². The minimum absolute atomic E-state index is 1.21. The summed E-state index contributed by atoms with van der Waals surface area (Å²) in [6.07, 6.45) is 0. The summed E-state index contributed by atoms with van der Waals surface area (Å²) in [5.41, 5.74) is 37.2. The van der Waals surface area contributed by atoms with Crippen molar-refractivity contribution in [3.8, 4) is 167 Å². The summed E-state index contributed by atoms with van der Waals surface area (Å²) in [5, 5.41) is 22.7. The molecule has 0 radical (unpaired) electrons. The smallest absolute Gasteiger partial charge is 0.00201 e. The lowest BCUT2D eigenvalue weighted by atomic mass is 9.82. The van der Waals surface area contributed by atoms with E-state index in [1.807, 2.05) is 0 Å². The molecule has 27 rings (SSSR count). The lowest BCUT2D eigenvalue weighted by Crippen LogP contribution is -1.93. The average Bonchev–Trinajstić information content (AvgIpc) is 0.731. The van der Waals surface area contributed by atoms with Crippen LogP contribution in [0.1, 0.15) is 0 Å². The van der Waals surface area contributed by atoms with E-state index in [9.17, 15) is 0 Å². The zero-order valence-electron chi connectivity index (χ0n) is 79.4. The Bertz CT molecular complexity index is 9330. The van der Waals surface area contributed by atoms with Crippen LogP contribution in [0.25, 0.3) is 264 Å². The predicted octanol–water partition coefficient (Wildman–Crippen LogP) is 40.4. The summed E-state index contributed by atoms with van der Waals surface area (Å²) in [7, 11) is 0. The Morgan fingerprint density at radius 1 is 0.0694 bits per heavy atom. The van der Waals surface area contributed by atoms with Crippen molar-refractivity contribution in [1.29, 1.82) is 0 Å². The average molecular weight is 1830 g/mol. The normalized spacial score (nSPS) is 11.3. The highest BCUT2D eigenvalue weighted by Gasteiger charge is 2.26. The molecular weight excluding hydrogens is 1730 g/mol. The van der Waals surface area contributed by atoms with Gasteiger partial charge < -0.3 is 0 Å². The Labute approximate surface area is 840 Å². The number of benzene rings is 27. The number of hydrogen-bond acceptors (Lipinski definition) is 0. The quantitative estimate of drug-likeness (QED) is 0.0898. The molecule has 0 unspecified atom stereocenters. The molecule has 0 N–H and O–H groups in total. The van der Waals surface area contributed by atoms with Gasteiger partial charge in [-0.3, -0.25) is 0 Å². The molecule has 0 aliphatic heterocycles. The summed E-state index contributed by atoms with van der Waals surface area (Å²) in [6.45, 7) is 0. The van der Waals surface area contributed by atoms with Gasteiger partial charge in [0, 0.05) is 0 Å². The molecule has 0 amide bonds. The third-order valence-electron chi connectivity index (χ3n) is 29.0. The standard InChI is InChI=1S/3C48H32/c1-3-13-33(14-4-1)35-25-27-36(28-26-35)38-18-11-19-40(31-38)47-41-20-7-9-22-43(41)48(44-23-10-8-21-42(44)47)45-24-12-17-37-29-30-39(32-46(37)45)34-15-5-2-6-16-34;1-3-15-33(16-4-1)36-20-13-21-38(31-36)39-22-7-8-23-40(39)47-41-24-9-11-26-43(41)48(44-27-12-10-25-42(44)47)45-28-14-19-35-29-30-37(32-46(35)45)34-17-5-2-6-18-34;1-3-14-33(15-4-1)35-26-28-37(29-27-35)39-19-7-8-20-40(39)47-41-21-9-11-23-43(41)48(44-24-12-10-22-42(44)47)45-25-13-18-36-30-31-38(32-46(36)45)34-16-5-2-6-17-34/h3*1-32H. The second-order valence-electron chi connectivity index (χ2n) is 37.4. The fraction of sp³-hybridized carbons (Fsp3) is 0. The van der Waals surface area contributed by atoms with Gasteiger partial charge in [-0.2, -0.15) is 0 Å². The number of rotatable bonds is 15. The molecule has 0 heteroatoms. The maximum absolute atomic E-state index is 2.37. The summed E-state index contributed by atoms with van der Waals surface area (Å²) < 4.78 is 0. The van der Waals surface area contributed by atoms with Gasteiger partial charge in [-0.1, -0.05) is 552 Å². The maximum atomic E-state index is 2.37. The van der Waals surface area contributed by atoms with Gasteiger partial charge in [0.25, 0.3) is 0 Å². The van der Waals surface area contributed by atoms with Crippen LogP contribution in [0.15, 0.2) is 582 Å². The second-order valence-corrected chi connectivity index (χ2v) is 37.4. The van der Waals surface area contributed by atoms with Gasteiger partial charge in [-0.25, -0.2) is 0 Å². The first-order valence-corrected chi connectivity index (χ1v) is 49.8. The van der Waals surface area contributed by atoms with Gasteiger partial charge in [-0.15, -0.1) is 0 Å². The van der Waals surface area contributed by atoms with Crippen LogP contribution in [0.5, 0.6) is 0 Å². The first-order chi connectivity index (χ1) is 71.5. The van der Waals surface area contributed by atoms with Crippen molar-refractivity contribution in [3.05, 3.63) is 582 Å². The molecule has 672 valence electrons. The van der Waals surface area contributed by atoms with Crippen molar-refractivity contribution in [2.75, 3.05) is 0 Å². The van der Waals surface area contributed by atoms with Crippen molar-refractivity contribution in [3.63, 3.8) is 0 Å². The number of fused-ring (bicyclic) bond motifs is 9. The van der Waals surface area contributed by atoms with Crippen molar-refractivity contribution in [2.24, 2.45) is 0 Å². The van der Waals surface area contributed by atoms with Crippen LogP contribution in [0.3, 0.4) is 0 Å². The molecule has 0 atom stereocenters. The van der Waals surface area contributed by atoms with Gasteiger partial charge in [0.2, 0.25) is 0 Å². The van der Waals surface area contributed by atoms with E-state index in [-0.39, 0.29) is 0 Å². The van der Waals surface area contributed by atoms with Gasteiger partial charge in [0.05, 0.1) is 0 Å². The molecule has 0 nitrogen and oxygen atoms in total. The first kappa shape index (κ1) is 86.8. The third-order valence-corrected chi connectivity index (χ3v) is 29.0. The molecule has 27 aromatic rings. The Hall–Kier alpha value is -18.7. The minimum Gasteiger partial charge on any atom is -0.0622 e. The zero-order chi connectivity index (χ0) is 95.6. The van der Waals surface area contributed by atoms with E-state index < -0.39 is 0 Å². The fourth-order valence-electron chi connectivity index (χ4n) is 22.3. The van der Waals surface area contributed by atoms with Crippen LogP contribution in [-0.2, 0) is 0 Å². The number of hydrogen-bond donors (Lipinski definition) is 0. The van der Waals surface area contributed by atoms with E-state index in [2.05, 4.69) is 582 Å². The summed E-state index contributed by atoms with van der Waals surface area (Å²) >= 11 is 0. The molecule has 0 saturated heterocycles. The molecule has 0 saturated carbocycles. The van der Waals surface area contributed by atoms with Crippen LogP contribution in [-0.4, -0.2) is 0 Å². The molecule has 0 heterocycles. The molecule has 0 aliphatic carbocycles. The Morgan fingerprint density at radius 2 is 0.236 bits per heavy atom. The Morgan fingerprint density at radius 3 is 0.528 bits per heavy atom. The third kappa shape index (κ3) is 16.5. The largest absolute Gasteiger partial charge is 0.0622 e. The van der Waals surface area contributed by atoms with Crippen LogP contribution in [0.2, 0.25) is 0 Å². The predicted molar refractivity (Wildman–Crippen MR) is 618 cm³/mol. The van der Waals surface area contributed by atoms with Crippen molar-refractivity contribution in [1.82, 2.24) is 0 Å².